The molecule has 1 aromatic rings. The molecule has 24 heavy (non-hydrogen) atoms. The van der Waals surface area contributed by atoms with E-state index in [1.54, 1.807) is 7.05 Å². The summed E-state index contributed by atoms with van der Waals surface area (Å²) in [5.41, 5.74) is 2.41. The van der Waals surface area contributed by atoms with Crippen LogP contribution in [0.5, 0.6) is 0 Å². The molecule has 0 aliphatic carbocycles. The van der Waals surface area contributed by atoms with Crippen molar-refractivity contribution in [2.24, 2.45) is 4.99 Å². The number of hydrogen-bond donors (Lipinski definition) is 3. The molecule has 2 rings (SSSR count). The van der Waals surface area contributed by atoms with E-state index in [4.69, 9.17) is 0 Å². The second-order valence-corrected chi connectivity index (χ2v) is 5.43. The van der Waals surface area contributed by atoms with Crippen molar-refractivity contribution in [3.63, 3.8) is 0 Å². The van der Waals surface area contributed by atoms with Gasteiger partial charge in [-0.05, 0) is 25.0 Å². The van der Waals surface area contributed by atoms with Crippen molar-refractivity contribution >= 4 is 41.9 Å². The van der Waals surface area contributed by atoms with Crippen LogP contribution in [0.4, 0.5) is 4.79 Å². The Labute approximate surface area is 159 Å². The topological polar surface area (TPSA) is 85.8 Å². The van der Waals surface area contributed by atoms with Gasteiger partial charge >= 0.3 is 6.03 Å². The number of nitrogens with zero attached hydrogens (tertiary/aromatic N) is 2. The van der Waals surface area contributed by atoms with Gasteiger partial charge < -0.3 is 16.0 Å². The molecule has 1 atom stereocenters. The third-order valence-corrected chi connectivity index (χ3v) is 3.80. The fourth-order valence-electron chi connectivity index (χ4n) is 2.52. The number of aliphatic imine (C=N–C) groups is 1. The number of carbonyl (C=O) groups is 2. The number of halogens is 1. The monoisotopic (exact) mass is 445 g/mol. The number of hydrogen-bond acceptors (Lipinski definition) is 3. The molecule has 0 bridgehead atoms. The first-order valence-electron chi connectivity index (χ1n) is 7.64. The largest absolute Gasteiger partial charge is 0.355 e. The van der Waals surface area contributed by atoms with E-state index >= 15 is 0 Å². The van der Waals surface area contributed by atoms with Crippen LogP contribution in [0.2, 0.25) is 0 Å². The first kappa shape index (κ1) is 20.2. The molecular formula is C16H24IN5O2. The van der Waals surface area contributed by atoms with E-state index in [-0.39, 0.29) is 48.5 Å². The van der Waals surface area contributed by atoms with Crippen LogP contribution in [-0.4, -0.2) is 49.5 Å². The highest BCUT2D eigenvalue weighted by Gasteiger charge is 2.27. The molecule has 132 valence electrons. The molecule has 1 aromatic carbocycles. The zero-order valence-electron chi connectivity index (χ0n) is 14.1. The number of aryl methyl sites for hydroxylation is 1. The first-order valence-corrected chi connectivity index (χ1v) is 7.64. The Morgan fingerprint density at radius 1 is 1.38 bits per heavy atom. The molecule has 1 unspecified atom stereocenters. The van der Waals surface area contributed by atoms with Gasteiger partial charge in [0, 0.05) is 20.1 Å². The van der Waals surface area contributed by atoms with Gasteiger partial charge in [-0.25, -0.2) is 4.79 Å². The summed E-state index contributed by atoms with van der Waals surface area (Å²) in [7, 11) is 1.69. The minimum atomic E-state index is -0.340. The van der Waals surface area contributed by atoms with Gasteiger partial charge in [-0.3, -0.25) is 14.7 Å². The average molecular weight is 445 g/mol. The van der Waals surface area contributed by atoms with Crippen LogP contribution in [0.25, 0.3) is 0 Å². The average Bonchev–Trinajstić information content (AvgIpc) is 2.85. The summed E-state index contributed by atoms with van der Waals surface area (Å²) in [6, 6.07) is 7.92. The minimum absolute atomic E-state index is 0. The van der Waals surface area contributed by atoms with Gasteiger partial charge in [-0.1, -0.05) is 24.3 Å². The summed E-state index contributed by atoms with van der Waals surface area (Å²) in [6.45, 7) is 4.97. The maximum absolute atomic E-state index is 11.5. The fraction of sp³-hybridized carbons (Fsp3) is 0.438. The van der Waals surface area contributed by atoms with E-state index in [1.165, 1.54) is 16.0 Å². The Morgan fingerprint density at radius 3 is 2.67 bits per heavy atom. The second kappa shape index (κ2) is 9.45. The third kappa shape index (κ3) is 5.08. The van der Waals surface area contributed by atoms with Gasteiger partial charge in [0.25, 0.3) is 0 Å². The van der Waals surface area contributed by atoms with E-state index in [0.29, 0.717) is 19.0 Å². The quantitative estimate of drug-likeness (QED) is 0.277. The zero-order chi connectivity index (χ0) is 16.8. The Hall–Kier alpha value is -1.84. The van der Waals surface area contributed by atoms with Gasteiger partial charge in [0.15, 0.2) is 5.96 Å². The van der Waals surface area contributed by atoms with E-state index in [2.05, 4.69) is 46.9 Å². The van der Waals surface area contributed by atoms with Crippen molar-refractivity contribution < 1.29 is 9.59 Å². The van der Waals surface area contributed by atoms with Crippen LogP contribution in [0.15, 0.2) is 29.3 Å². The molecule has 0 radical (unpaired) electrons. The number of amides is 3. The molecular weight excluding hydrogens is 421 g/mol. The Kier molecular flexibility index (Phi) is 7.96. The highest BCUT2D eigenvalue weighted by Crippen LogP contribution is 2.16. The first-order chi connectivity index (χ1) is 11.0. The summed E-state index contributed by atoms with van der Waals surface area (Å²) in [5, 5.41) is 8.92. The van der Waals surface area contributed by atoms with Crippen LogP contribution in [-0.2, 0) is 4.79 Å². The Bertz CT molecular complexity index is 604. The van der Waals surface area contributed by atoms with Crippen molar-refractivity contribution in [2.45, 2.75) is 19.9 Å². The lowest BCUT2D eigenvalue weighted by atomic mass is 10.0. The lowest BCUT2D eigenvalue weighted by molar-refractivity contribution is -0.124. The van der Waals surface area contributed by atoms with Crippen LogP contribution < -0.4 is 16.0 Å². The summed E-state index contributed by atoms with van der Waals surface area (Å²) in [6.07, 6.45) is 0. The minimum Gasteiger partial charge on any atom is -0.355 e. The summed E-state index contributed by atoms with van der Waals surface area (Å²) >= 11 is 0. The Morgan fingerprint density at radius 2 is 2.08 bits per heavy atom. The number of urea groups is 1. The van der Waals surface area contributed by atoms with Crippen molar-refractivity contribution in [2.75, 3.05) is 26.7 Å². The van der Waals surface area contributed by atoms with Crippen molar-refractivity contribution in [1.82, 2.24) is 20.9 Å². The lowest BCUT2D eigenvalue weighted by Crippen LogP contribution is -2.43. The summed E-state index contributed by atoms with van der Waals surface area (Å²) in [5.74, 6) is 0.431. The molecule has 1 saturated heterocycles. The molecule has 7 nitrogen and oxygen atoms in total. The number of imide groups is 1. The van der Waals surface area contributed by atoms with Crippen molar-refractivity contribution in [1.29, 1.82) is 0 Å². The summed E-state index contributed by atoms with van der Waals surface area (Å²) < 4.78 is 0. The van der Waals surface area contributed by atoms with Crippen LogP contribution in [0.3, 0.4) is 0 Å². The van der Waals surface area contributed by atoms with E-state index in [9.17, 15) is 9.59 Å². The van der Waals surface area contributed by atoms with Gasteiger partial charge in [0.1, 0.15) is 0 Å². The number of carbonyl (C=O) groups excluding carboxylic acids is 2. The van der Waals surface area contributed by atoms with Gasteiger partial charge in [-0.2, -0.15) is 0 Å². The number of nitrogens with one attached hydrogen (secondary N) is 3. The van der Waals surface area contributed by atoms with E-state index in [1.807, 2.05) is 12.1 Å². The second-order valence-electron chi connectivity index (χ2n) is 5.43. The van der Waals surface area contributed by atoms with Gasteiger partial charge in [-0.15, -0.1) is 24.0 Å². The highest BCUT2D eigenvalue weighted by atomic mass is 127. The third-order valence-electron chi connectivity index (χ3n) is 3.80. The molecule has 0 saturated carbocycles. The van der Waals surface area contributed by atoms with Crippen LogP contribution in [0, 0.1) is 6.92 Å². The maximum Gasteiger partial charge on any atom is 0.324 e. The molecule has 1 aliphatic rings. The molecule has 3 amide bonds. The molecule has 0 spiro atoms. The molecule has 0 aromatic heterocycles. The molecule has 1 fully saturated rings. The van der Waals surface area contributed by atoms with E-state index in [0.717, 1.165) is 0 Å². The zero-order valence-corrected chi connectivity index (χ0v) is 16.5. The van der Waals surface area contributed by atoms with Gasteiger partial charge in [0.2, 0.25) is 5.91 Å². The molecule has 1 aliphatic heterocycles. The predicted molar refractivity (Wildman–Crippen MR) is 105 cm³/mol. The van der Waals surface area contributed by atoms with E-state index < -0.39 is 0 Å². The predicted octanol–water partition coefficient (Wildman–Crippen LogP) is 1.39. The lowest BCUT2D eigenvalue weighted by Gasteiger charge is -2.20. The van der Waals surface area contributed by atoms with Crippen LogP contribution >= 0.6 is 24.0 Å². The standard InChI is InChI=1S/C16H23N5O2.HI/c1-11-6-4-5-7-13(11)12(2)20-15(17-3)18-8-9-21-14(22)10-19-16(21)23;/h4-7,12H,8-10H2,1-3H3,(H,19,23)(H2,17,18,20);1H. The number of guanidine groups is 1. The normalized spacial score (nSPS) is 15.6. The van der Waals surface area contributed by atoms with Crippen molar-refractivity contribution in [3.05, 3.63) is 35.4 Å². The highest BCUT2D eigenvalue weighted by molar-refractivity contribution is 14.0. The number of benzene rings is 1. The van der Waals surface area contributed by atoms with Crippen molar-refractivity contribution in [3.8, 4) is 0 Å². The SMILES string of the molecule is CN=C(NCCN1C(=O)CNC1=O)NC(C)c1ccccc1C.I. The smallest absolute Gasteiger partial charge is 0.324 e. The fourth-order valence-corrected chi connectivity index (χ4v) is 2.52. The Balaban J connectivity index is 0.00000288. The maximum atomic E-state index is 11.5. The molecule has 3 N–H and O–H groups in total. The van der Waals surface area contributed by atoms with Crippen LogP contribution in [0.1, 0.15) is 24.1 Å². The molecule has 1 heterocycles. The summed E-state index contributed by atoms with van der Waals surface area (Å²) in [4.78, 5) is 28.3. The number of rotatable bonds is 5. The molecule has 8 heteroatoms. The van der Waals surface area contributed by atoms with Gasteiger partial charge in [0.05, 0.1) is 12.6 Å².